The van der Waals surface area contributed by atoms with Gasteiger partial charge in [0.15, 0.2) is 0 Å². The fourth-order valence-electron chi connectivity index (χ4n) is 3.00. The summed E-state index contributed by atoms with van der Waals surface area (Å²) in [5.41, 5.74) is 0. The summed E-state index contributed by atoms with van der Waals surface area (Å²) in [5.74, 6) is 1.15. The number of carbonyl (C=O) groups excluding carboxylic acids is 2. The van der Waals surface area contributed by atoms with E-state index in [2.05, 4.69) is 29.4 Å². The Balaban J connectivity index is 2.18. The monoisotopic (exact) mass is 325 g/mol. The second-order valence-electron chi connectivity index (χ2n) is 7.47. The number of rotatable bonds is 9. The van der Waals surface area contributed by atoms with Crippen molar-refractivity contribution >= 4 is 11.8 Å². The average Bonchev–Trinajstić information content (AvgIpc) is 2.51. The molecule has 1 fully saturated rings. The molecule has 0 aromatic rings. The summed E-state index contributed by atoms with van der Waals surface area (Å²) in [7, 11) is 4.07. The Morgan fingerprint density at radius 3 is 1.87 bits per heavy atom. The number of hydrogen-bond donors (Lipinski definition) is 2. The Morgan fingerprint density at radius 1 is 0.957 bits per heavy atom. The molecule has 1 aliphatic rings. The highest BCUT2D eigenvalue weighted by atomic mass is 16.2. The molecule has 5 heteroatoms. The molecule has 0 aromatic carbocycles. The predicted molar refractivity (Wildman–Crippen MR) is 94.1 cm³/mol. The van der Waals surface area contributed by atoms with Crippen molar-refractivity contribution in [2.75, 3.05) is 33.7 Å². The zero-order chi connectivity index (χ0) is 17.2. The Morgan fingerprint density at radius 2 is 1.43 bits per heavy atom. The standard InChI is InChI=1S/C18H35N3O2/c1-14(2)10-12-20-18(23)16-8-6-15(7-9-16)17(22)19-11-5-13-21(3)4/h14-16H,5-13H2,1-4H3,(H,19,22)(H,20,23). The molecule has 1 aliphatic carbocycles. The number of carbonyl (C=O) groups is 2. The van der Waals surface area contributed by atoms with Gasteiger partial charge in [-0.15, -0.1) is 0 Å². The van der Waals surface area contributed by atoms with Crippen LogP contribution in [0.25, 0.3) is 0 Å². The average molecular weight is 325 g/mol. The van der Waals surface area contributed by atoms with Crippen LogP contribution in [0.3, 0.4) is 0 Å². The highest BCUT2D eigenvalue weighted by molar-refractivity contribution is 5.81. The van der Waals surface area contributed by atoms with Gasteiger partial charge in [0, 0.05) is 24.9 Å². The summed E-state index contributed by atoms with van der Waals surface area (Å²) in [5, 5.41) is 6.07. The van der Waals surface area contributed by atoms with Gasteiger partial charge in [-0.1, -0.05) is 13.8 Å². The van der Waals surface area contributed by atoms with Gasteiger partial charge < -0.3 is 15.5 Å². The van der Waals surface area contributed by atoms with Crippen LogP contribution >= 0.6 is 0 Å². The maximum absolute atomic E-state index is 12.1. The van der Waals surface area contributed by atoms with E-state index in [0.717, 1.165) is 58.2 Å². The van der Waals surface area contributed by atoms with Crippen molar-refractivity contribution in [2.45, 2.75) is 52.4 Å². The van der Waals surface area contributed by atoms with E-state index in [-0.39, 0.29) is 23.7 Å². The van der Waals surface area contributed by atoms with Crippen LogP contribution in [-0.4, -0.2) is 50.4 Å². The fourth-order valence-corrected chi connectivity index (χ4v) is 3.00. The largest absolute Gasteiger partial charge is 0.356 e. The van der Waals surface area contributed by atoms with Gasteiger partial charge in [-0.05, 0) is 65.1 Å². The van der Waals surface area contributed by atoms with Crippen molar-refractivity contribution in [2.24, 2.45) is 17.8 Å². The lowest BCUT2D eigenvalue weighted by atomic mass is 9.81. The predicted octanol–water partition coefficient (Wildman–Crippen LogP) is 2.02. The smallest absolute Gasteiger partial charge is 0.223 e. The van der Waals surface area contributed by atoms with E-state index in [4.69, 9.17) is 0 Å². The molecule has 0 heterocycles. The van der Waals surface area contributed by atoms with E-state index in [0.29, 0.717) is 5.92 Å². The van der Waals surface area contributed by atoms with E-state index >= 15 is 0 Å². The lowest BCUT2D eigenvalue weighted by Gasteiger charge is -2.27. The van der Waals surface area contributed by atoms with Crippen molar-refractivity contribution in [3.8, 4) is 0 Å². The Bertz CT molecular complexity index is 361. The van der Waals surface area contributed by atoms with Crippen molar-refractivity contribution in [1.29, 1.82) is 0 Å². The Labute approximate surface area is 141 Å². The third-order valence-corrected chi connectivity index (χ3v) is 4.57. The molecular formula is C18H35N3O2. The molecule has 0 radical (unpaired) electrons. The quantitative estimate of drug-likeness (QED) is 0.638. The van der Waals surface area contributed by atoms with Crippen LogP contribution in [0.15, 0.2) is 0 Å². The Kier molecular flexibility index (Phi) is 9.22. The Hall–Kier alpha value is -1.10. The first-order valence-corrected chi connectivity index (χ1v) is 9.10. The first-order chi connectivity index (χ1) is 10.9. The van der Waals surface area contributed by atoms with Gasteiger partial charge in [0.25, 0.3) is 0 Å². The van der Waals surface area contributed by atoms with Gasteiger partial charge in [0.1, 0.15) is 0 Å². The summed E-state index contributed by atoms with van der Waals surface area (Å²) < 4.78 is 0. The minimum Gasteiger partial charge on any atom is -0.356 e. The zero-order valence-corrected chi connectivity index (χ0v) is 15.4. The molecule has 2 amide bonds. The molecule has 0 saturated heterocycles. The minimum absolute atomic E-state index is 0.0917. The highest BCUT2D eigenvalue weighted by Gasteiger charge is 2.29. The van der Waals surface area contributed by atoms with Gasteiger partial charge in [0.2, 0.25) is 11.8 Å². The molecule has 0 spiro atoms. The summed E-state index contributed by atoms with van der Waals surface area (Å²) in [6, 6.07) is 0. The van der Waals surface area contributed by atoms with Crippen LogP contribution < -0.4 is 10.6 Å². The van der Waals surface area contributed by atoms with Crippen LogP contribution in [0, 0.1) is 17.8 Å². The van der Waals surface area contributed by atoms with Crippen LogP contribution in [0.2, 0.25) is 0 Å². The number of nitrogens with one attached hydrogen (secondary N) is 2. The zero-order valence-electron chi connectivity index (χ0n) is 15.4. The number of amides is 2. The molecular weight excluding hydrogens is 290 g/mol. The van der Waals surface area contributed by atoms with E-state index in [9.17, 15) is 9.59 Å². The molecule has 2 N–H and O–H groups in total. The van der Waals surface area contributed by atoms with Crippen molar-refractivity contribution in [1.82, 2.24) is 15.5 Å². The fraction of sp³-hybridized carbons (Fsp3) is 0.889. The lowest BCUT2D eigenvalue weighted by molar-refractivity contribution is -0.130. The third kappa shape index (κ3) is 8.35. The second-order valence-corrected chi connectivity index (χ2v) is 7.47. The maximum atomic E-state index is 12.1. The van der Waals surface area contributed by atoms with Crippen molar-refractivity contribution in [3.63, 3.8) is 0 Å². The van der Waals surface area contributed by atoms with Crippen molar-refractivity contribution in [3.05, 3.63) is 0 Å². The van der Waals surface area contributed by atoms with E-state index in [1.807, 2.05) is 14.1 Å². The van der Waals surface area contributed by atoms with E-state index in [1.54, 1.807) is 0 Å². The highest BCUT2D eigenvalue weighted by Crippen LogP contribution is 2.29. The van der Waals surface area contributed by atoms with Crippen LogP contribution in [0.1, 0.15) is 52.4 Å². The van der Waals surface area contributed by atoms with Gasteiger partial charge in [-0.2, -0.15) is 0 Å². The SMILES string of the molecule is CC(C)CCNC(=O)C1CCC(C(=O)NCCCN(C)C)CC1. The van der Waals surface area contributed by atoms with Crippen LogP contribution in [0.4, 0.5) is 0 Å². The molecule has 134 valence electrons. The first-order valence-electron chi connectivity index (χ1n) is 9.10. The van der Waals surface area contributed by atoms with Gasteiger partial charge in [-0.3, -0.25) is 9.59 Å². The molecule has 5 nitrogen and oxygen atoms in total. The third-order valence-electron chi connectivity index (χ3n) is 4.57. The van der Waals surface area contributed by atoms with Crippen LogP contribution in [-0.2, 0) is 9.59 Å². The minimum atomic E-state index is 0.0917. The molecule has 0 unspecified atom stereocenters. The maximum Gasteiger partial charge on any atom is 0.223 e. The molecule has 0 aromatic heterocycles. The second kappa shape index (κ2) is 10.6. The molecule has 1 saturated carbocycles. The summed E-state index contributed by atoms with van der Waals surface area (Å²) in [6.45, 7) is 6.82. The van der Waals surface area contributed by atoms with E-state index in [1.165, 1.54) is 0 Å². The molecule has 0 aliphatic heterocycles. The van der Waals surface area contributed by atoms with Crippen LogP contribution in [0.5, 0.6) is 0 Å². The molecule has 23 heavy (non-hydrogen) atoms. The van der Waals surface area contributed by atoms with Crippen molar-refractivity contribution < 1.29 is 9.59 Å². The van der Waals surface area contributed by atoms with Gasteiger partial charge >= 0.3 is 0 Å². The van der Waals surface area contributed by atoms with Gasteiger partial charge in [-0.25, -0.2) is 0 Å². The molecule has 0 atom stereocenters. The molecule has 0 bridgehead atoms. The number of hydrogen-bond acceptors (Lipinski definition) is 3. The summed E-state index contributed by atoms with van der Waals surface area (Å²) >= 11 is 0. The molecule has 1 rings (SSSR count). The summed E-state index contributed by atoms with van der Waals surface area (Å²) in [4.78, 5) is 26.4. The first kappa shape index (κ1) is 19.9. The van der Waals surface area contributed by atoms with E-state index < -0.39 is 0 Å². The lowest BCUT2D eigenvalue weighted by Crippen LogP contribution is -2.38. The topological polar surface area (TPSA) is 61.4 Å². The number of nitrogens with zero attached hydrogens (tertiary/aromatic N) is 1. The summed E-state index contributed by atoms with van der Waals surface area (Å²) in [6.07, 6.45) is 5.35. The normalized spacial score (nSPS) is 21.5. The van der Waals surface area contributed by atoms with Gasteiger partial charge in [0.05, 0.1) is 0 Å².